The molecule has 1 N–H and O–H groups in total. The molecule has 2 unspecified atom stereocenters. The normalized spacial score (nSPS) is 18.6. The van der Waals surface area contributed by atoms with E-state index in [9.17, 15) is 23.2 Å². The molecular weight excluding hydrogens is 471 g/mol. The van der Waals surface area contributed by atoms with Crippen LogP contribution in [-0.2, 0) is 12.6 Å². The van der Waals surface area contributed by atoms with E-state index in [1.165, 1.54) is 16.8 Å². The van der Waals surface area contributed by atoms with Gasteiger partial charge in [0.1, 0.15) is 23.1 Å². The van der Waals surface area contributed by atoms with Gasteiger partial charge in [0.25, 0.3) is 5.56 Å². The zero-order valence-corrected chi connectivity index (χ0v) is 19.5. The molecule has 0 bridgehead atoms. The molecule has 3 aromatic heterocycles. The summed E-state index contributed by atoms with van der Waals surface area (Å²) in [7, 11) is 0. The molecular formula is C25H22F3N7O. The van der Waals surface area contributed by atoms with Gasteiger partial charge in [0.05, 0.1) is 11.6 Å². The van der Waals surface area contributed by atoms with Gasteiger partial charge in [0, 0.05) is 24.2 Å². The van der Waals surface area contributed by atoms with E-state index in [0.717, 1.165) is 37.0 Å². The average molecular weight is 493 g/mol. The van der Waals surface area contributed by atoms with Crippen molar-refractivity contribution in [2.24, 2.45) is 0 Å². The van der Waals surface area contributed by atoms with Gasteiger partial charge in [-0.25, -0.2) is 19.6 Å². The molecule has 1 saturated carbocycles. The highest BCUT2D eigenvalue weighted by Crippen LogP contribution is 2.46. The molecule has 1 aliphatic rings. The van der Waals surface area contributed by atoms with E-state index in [4.69, 9.17) is 4.98 Å². The Morgan fingerprint density at radius 3 is 2.39 bits per heavy atom. The number of rotatable bonds is 5. The first-order valence-corrected chi connectivity index (χ1v) is 11.6. The van der Waals surface area contributed by atoms with Crippen molar-refractivity contribution < 1.29 is 13.2 Å². The monoisotopic (exact) mass is 493 g/mol. The topological polar surface area (TPSA) is 113 Å². The van der Waals surface area contributed by atoms with Gasteiger partial charge >= 0.3 is 6.18 Å². The van der Waals surface area contributed by atoms with Crippen LogP contribution in [0.3, 0.4) is 0 Å². The van der Waals surface area contributed by atoms with Gasteiger partial charge in [-0.05, 0) is 49.4 Å². The summed E-state index contributed by atoms with van der Waals surface area (Å²) in [4.78, 5) is 29.5. The number of aryl methyl sites for hydroxylation is 1. The fraction of sp³-hybridized carbons (Fsp3) is 0.360. The molecule has 1 fully saturated rings. The smallest absolute Gasteiger partial charge is 0.310 e. The lowest BCUT2D eigenvalue weighted by molar-refractivity contribution is -0.137. The number of H-pyrrole nitrogens is 1. The van der Waals surface area contributed by atoms with Crippen LogP contribution in [0.5, 0.6) is 0 Å². The number of nitrogens with zero attached hydrogens (tertiary/aromatic N) is 6. The molecule has 0 aliphatic heterocycles. The largest absolute Gasteiger partial charge is 0.416 e. The zero-order chi connectivity index (χ0) is 25.6. The number of aromatic nitrogens is 6. The number of benzene rings is 1. The van der Waals surface area contributed by atoms with E-state index in [2.05, 4.69) is 20.1 Å². The lowest BCUT2D eigenvalue weighted by atomic mass is 9.72. The van der Waals surface area contributed by atoms with E-state index >= 15 is 0 Å². The summed E-state index contributed by atoms with van der Waals surface area (Å²) in [6.45, 7) is 3.76. The minimum absolute atomic E-state index is 0.00403. The minimum Gasteiger partial charge on any atom is -0.310 e. The van der Waals surface area contributed by atoms with Gasteiger partial charge < -0.3 is 4.98 Å². The van der Waals surface area contributed by atoms with Crippen molar-refractivity contribution in [3.05, 3.63) is 81.0 Å². The SMILES string of the molecule is CCc1cnc(C2CCC2c2nc3c(c(C#N)nn3[C@@H](C)c3ccc(C(F)(F)F)cc3)c(=O)[nH]2)nc1. The fourth-order valence-corrected chi connectivity index (χ4v) is 4.55. The quantitative estimate of drug-likeness (QED) is 0.434. The molecule has 184 valence electrons. The number of hydrogen-bond acceptors (Lipinski definition) is 6. The Bertz CT molecular complexity index is 1520. The van der Waals surface area contributed by atoms with Crippen LogP contribution in [-0.4, -0.2) is 29.7 Å². The first-order chi connectivity index (χ1) is 17.2. The van der Waals surface area contributed by atoms with Gasteiger partial charge in [-0.3, -0.25) is 4.79 Å². The maximum atomic E-state index is 13.0. The molecule has 1 aliphatic carbocycles. The van der Waals surface area contributed by atoms with Gasteiger partial charge in [-0.15, -0.1) is 0 Å². The van der Waals surface area contributed by atoms with Gasteiger partial charge in [-0.2, -0.15) is 23.5 Å². The van der Waals surface area contributed by atoms with E-state index in [-0.39, 0.29) is 28.6 Å². The summed E-state index contributed by atoms with van der Waals surface area (Å²) in [6.07, 6.45) is 1.63. The number of alkyl halides is 3. The van der Waals surface area contributed by atoms with E-state index in [0.29, 0.717) is 17.2 Å². The Morgan fingerprint density at radius 1 is 1.17 bits per heavy atom. The molecule has 4 aromatic rings. The summed E-state index contributed by atoms with van der Waals surface area (Å²) < 4.78 is 40.4. The van der Waals surface area contributed by atoms with Crippen molar-refractivity contribution in [3.8, 4) is 6.07 Å². The number of nitrogens with one attached hydrogen (secondary N) is 1. The molecule has 36 heavy (non-hydrogen) atoms. The van der Waals surface area contributed by atoms with Crippen LogP contribution in [0, 0.1) is 11.3 Å². The van der Waals surface area contributed by atoms with Gasteiger partial charge in [-0.1, -0.05) is 19.1 Å². The third-order valence-electron chi connectivity index (χ3n) is 6.86. The van der Waals surface area contributed by atoms with Crippen molar-refractivity contribution >= 4 is 11.0 Å². The second-order valence-corrected chi connectivity index (χ2v) is 8.94. The summed E-state index contributed by atoms with van der Waals surface area (Å²) >= 11 is 0. The van der Waals surface area contributed by atoms with Gasteiger partial charge in [0.2, 0.25) is 0 Å². The summed E-state index contributed by atoms with van der Waals surface area (Å²) in [5.41, 5.74) is 0.450. The first-order valence-electron chi connectivity index (χ1n) is 11.6. The number of halogens is 3. The average Bonchev–Trinajstić information content (AvgIpc) is 3.22. The molecule has 1 aromatic carbocycles. The van der Waals surface area contributed by atoms with Crippen LogP contribution in [0.4, 0.5) is 13.2 Å². The maximum Gasteiger partial charge on any atom is 0.416 e. The van der Waals surface area contributed by atoms with Crippen molar-refractivity contribution in [1.29, 1.82) is 5.26 Å². The number of aromatic amines is 1. The standard InChI is InChI=1S/C25H22F3N7O/c1-3-14-11-30-21(31-12-14)17-8-9-18(17)22-32-23-20(24(36)33-22)19(10-29)34-35(23)13(2)15-4-6-16(7-5-15)25(26,27)28/h4-7,11-13,17-18H,3,8-9H2,1-2H3,(H,32,33,36)/t13-,17?,18?/m0/s1. The highest BCUT2D eigenvalue weighted by atomic mass is 19.4. The Balaban J connectivity index is 1.54. The van der Waals surface area contributed by atoms with E-state index in [1.54, 1.807) is 19.3 Å². The van der Waals surface area contributed by atoms with Crippen molar-refractivity contribution in [2.75, 3.05) is 0 Å². The number of nitriles is 1. The first kappa shape index (κ1) is 23.7. The van der Waals surface area contributed by atoms with E-state index in [1.807, 2.05) is 13.0 Å². The summed E-state index contributed by atoms with van der Waals surface area (Å²) in [5.74, 6) is 1.04. The molecule has 0 spiro atoms. The molecule has 0 radical (unpaired) electrons. The van der Waals surface area contributed by atoms with Crippen LogP contribution >= 0.6 is 0 Å². The molecule has 3 heterocycles. The zero-order valence-electron chi connectivity index (χ0n) is 19.5. The highest BCUT2D eigenvalue weighted by Gasteiger charge is 2.38. The molecule has 0 amide bonds. The van der Waals surface area contributed by atoms with Crippen molar-refractivity contribution in [3.63, 3.8) is 0 Å². The van der Waals surface area contributed by atoms with E-state index < -0.39 is 23.3 Å². The summed E-state index contributed by atoms with van der Waals surface area (Å²) in [6, 6.07) is 6.08. The number of hydrogen-bond donors (Lipinski definition) is 1. The Kier molecular flexibility index (Phi) is 5.82. The Hall–Kier alpha value is -4.07. The van der Waals surface area contributed by atoms with Crippen molar-refractivity contribution in [1.82, 2.24) is 29.7 Å². The van der Waals surface area contributed by atoms with Crippen LogP contribution in [0.25, 0.3) is 11.0 Å². The lowest BCUT2D eigenvalue weighted by Crippen LogP contribution is -2.28. The number of fused-ring (bicyclic) bond motifs is 1. The highest BCUT2D eigenvalue weighted by molar-refractivity contribution is 5.80. The third kappa shape index (κ3) is 4.02. The molecule has 3 atom stereocenters. The maximum absolute atomic E-state index is 13.0. The minimum atomic E-state index is -4.45. The van der Waals surface area contributed by atoms with Gasteiger partial charge in [0.15, 0.2) is 11.3 Å². The summed E-state index contributed by atoms with van der Waals surface area (Å²) in [5, 5.41) is 13.9. The van der Waals surface area contributed by atoms with Crippen LogP contribution < -0.4 is 5.56 Å². The second kappa shape index (κ2) is 8.86. The Morgan fingerprint density at radius 2 is 1.83 bits per heavy atom. The predicted octanol–water partition coefficient (Wildman–Crippen LogP) is 4.63. The second-order valence-electron chi connectivity index (χ2n) is 8.94. The van der Waals surface area contributed by atoms with Crippen LogP contribution in [0.1, 0.15) is 78.6 Å². The third-order valence-corrected chi connectivity index (χ3v) is 6.86. The van der Waals surface area contributed by atoms with Crippen LogP contribution in [0.2, 0.25) is 0 Å². The Labute approximate surface area is 203 Å². The molecule has 5 rings (SSSR count). The molecule has 0 saturated heterocycles. The van der Waals surface area contributed by atoms with Crippen molar-refractivity contribution in [2.45, 2.75) is 57.2 Å². The van der Waals surface area contributed by atoms with Crippen LogP contribution in [0.15, 0.2) is 41.5 Å². The fourth-order valence-electron chi connectivity index (χ4n) is 4.55. The lowest BCUT2D eigenvalue weighted by Gasteiger charge is -2.34. The molecule has 8 nitrogen and oxygen atoms in total. The predicted molar refractivity (Wildman–Crippen MR) is 124 cm³/mol. The molecule has 11 heteroatoms.